The van der Waals surface area contributed by atoms with E-state index in [1.165, 1.54) is 12.5 Å². The van der Waals surface area contributed by atoms with Crippen LogP contribution in [0.1, 0.15) is 58.5 Å². The van der Waals surface area contributed by atoms with E-state index >= 15 is 0 Å². The molecule has 152 valence electrons. The third kappa shape index (κ3) is 6.28. The normalized spacial score (nSPS) is 27.8. The van der Waals surface area contributed by atoms with Crippen LogP contribution >= 0.6 is 0 Å². The summed E-state index contributed by atoms with van der Waals surface area (Å²) in [5.74, 6) is -0.211. The molecule has 0 spiro atoms. The lowest BCUT2D eigenvalue weighted by Crippen LogP contribution is -2.52. The lowest BCUT2D eigenvalue weighted by atomic mass is 9.86. The highest BCUT2D eigenvalue weighted by molar-refractivity contribution is 5.65. The van der Waals surface area contributed by atoms with Crippen molar-refractivity contribution in [3.05, 3.63) is 35.4 Å². The zero-order valence-corrected chi connectivity index (χ0v) is 16.9. The third-order valence-electron chi connectivity index (χ3n) is 4.58. The zero-order valence-electron chi connectivity index (χ0n) is 16.9. The van der Waals surface area contributed by atoms with E-state index in [4.69, 9.17) is 14.2 Å². The first kappa shape index (κ1) is 21.8. The van der Waals surface area contributed by atoms with E-state index in [0.29, 0.717) is 26.2 Å². The fourth-order valence-electron chi connectivity index (χ4n) is 3.05. The van der Waals surface area contributed by atoms with Crippen molar-refractivity contribution in [2.45, 2.75) is 71.1 Å². The van der Waals surface area contributed by atoms with Gasteiger partial charge in [0.05, 0.1) is 19.3 Å². The zero-order chi connectivity index (χ0) is 20.0. The van der Waals surface area contributed by atoms with Crippen molar-refractivity contribution in [3.8, 4) is 0 Å². The maximum absolute atomic E-state index is 10.1. The Kier molecular flexibility index (Phi) is 7.79. The molecule has 2 heterocycles. The molecule has 0 amide bonds. The molecule has 6 nitrogen and oxygen atoms in total. The summed E-state index contributed by atoms with van der Waals surface area (Å²) in [6.07, 6.45) is -0.712. The number of esters is 1. The van der Waals surface area contributed by atoms with Crippen LogP contribution in [-0.2, 0) is 29.2 Å². The van der Waals surface area contributed by atoms with Crippen molar-refractivity contribution < 1.29 is 28.8 Å². The Hall–Kier alpha value is -1.47. The van der Waals surface area contributed by atoms with Crippen LogP contribution in [0.25, 0.3) is 0 Å². The molecule has 0 radical (unpaired) electrons. The summed E-state index contributed by atoms with van der Waals surface area (Å²) in [7, 11) is 0. The standard InChI is InChI=1S/C17H24O4.C4H8O2/c1-17(2,3)12-6-4-11(5-7-12)16-20-10-14-15(21-16)13(18)8-9-19-14;1-3-6-4(2)5/h4-7,13-16,18H,8-10H2,1-3H3;3H2,1-2H3/t13?,14?,15-,16?;/m0./s1. The second-order valence-electron chi connectivity index (χ2n) is 7.83. The minimum Gasteiger partial charge on any atom is -0.466 e. The Morgan fingerprint density at radius 2 is 1.89 bits per heavy atom. The van der Waals surface area contributed by atoms with Crippen molar-refractivity contribution in [2.24, 2.45) is 0 Å². The maximum Gasteiger partial charge on any atom is 0.302 e. The summed E-state index contributed by atoms with van der Waals surface area (Å²) < 4.78 is 21.7. The Bertz CT molecular complexity index is 592. The molecule has 27 heavy (non-hydrogen) atoms. The molecule has 0 saturated carbocycles. The van der Waals surface area contributed by atoms with Crippen molar-refractivity contribution in [1.82, 2.24) is 0 Å². The van der Waals surface area contributed by atoms with Gasteiger partial charge in [-0.1, -0.05) is 45.0 Å². The highest BCUT2D eigenvalue weighted by Crippen LogP contribution is 2.33. The van der Waals surface area contributed by atoms with Gasteiger partial charge in [-0.3, -0.25) is 4.79 Å². The van der Waals surface area contributed by atoms with Crippen molar-refractivity contribution in [2.75, 3.05) is 19.8 Å². The molecule has 3 unspecified atom stereocenters. The predicted molar refractivity (Wildman–Crippen MR) is 101 cm³/mol. The van der Waals surface area contributed by atoms with Gasteiger partial charge in [0.15, 0.2) is 6.29 Å². The molecule has 4 atom stereocenters. The average molecular weight is 380 g/mol. The molecular weight excluding hydrogens is 348 g/mol. The molecular formula is C21H32O6. The van der Waals surface area contributed by atoms with Gasteiger partial charge < -0.3 is 24.1 Å². The second kappa shape index (κ2) is 9.64. The summed E-state index contributed by atoms with van der Waals surface area (Å²) >= 11 is 0. The molecule has 2 aliphatic heterocycles. The SMILES string of the molecule is CC(C)(C)c1ccc(C2OCC3OCCC(O)[C@@H]3O2)cc1.CCOC(C)=O. The van der Waals surface area contributed by atoms with Crippen LogP contribution in [0.3, 0.4) is 0 Å². The van der Waals surface area contributed by atoms with Gasteiger partial charge in [-0.15, -0.1) is 0 Å². The van der Waals surface area contributed by atoms with E-state index in [0.717, 1.165) is 5.56 Å². The molecule has 1 N–H and O–H groups in total. The van der Waals surface area contributed by atoms with Crippen LogP contribution in [0.2, 0.25) is 0 Å². The number of aliphatic hydroxyl groups is 1. The topological polar surface area (TPSA) is 74.2 Å². The van der Waals surface area contributed by atoms with E-state index in [1.807, 2.05) is 12.1 Å². The monoisotopic (exact) mass is 380 g/mol. The van der Waals surface area contributed by atoms with E-state index < -0.39 is 12.4 Å². The smallest absolute Gasteiger partial charge is 0.302 e. The van der Waals surface area contributed by atoms with Crippen LogP contribution in [0, 0.1) is 0 Å². The molecule has 1 aromatic carbocycles. The summed E-state index contributed by atoms with van der Waals surface area (Å²) in [4.78, 5) is 9.82. The van der Waals surface area contributed by atoms with Crippen LogP contribution in [0.5, 0.6) is 0 Å². The fourth-order valence-corrected chi connectivity index (χ4v) is 3.05. The highest BCUT2D eigenvalue weighted by Gasteiger charge is 2.40. The van der Waals surface area contributed by atoms with Gasteiger partial charge in [-0.25, -0.2) is 0 Å². The molecule has 0 aliphatic carbocycles. The lowest BCUT2D eigenvalue weighted by molar-refractivity contribution is -0.298. The average Bonchev–Trinajstić information content (AvgIpc) is 2.62. The number of rotatable bonds is 2. The Morgan fingerprint density at radius 3 is 2.41 bits per heavy atom. The number of carbonyl (C=O) groups is 1. The minimum absolute atomic E-state index is 0.130. The van der Waals surface area contributed by atoms with E-state index in [1.54, 1.807) is 6.92 Å². The number of carbonyl (C=O) groups excluding carboxylic acids is 1. The largest absolute Gasteiger partial charge is 0.466 e. The van der Waals surface area contributed by atoms with Gasteiger partial charge in [-0.2, -0.15) is 0 Å². The van der Waals surface area contributed by atoms with E-state index in [-0.39, 0.29) is 23.6 Å². The van der Waals surface area contributed by atoms with Gasteiger partial charge in [0.2, 0.25) is 0 Å². The lowest BCUT2D eigenvalue weighted by Gasteiger charge is -2.41. The fraction of sp³-hybridized carbons (Fsp3) is 0.667. The van der Waals surface area contributed by atoms with Crippen LogP contribution < -0.4 is 0 Å². The molecule has 2 aliphatic rings. The maximum atomic E-state index is 10.1. The van der Waals surface area contributed by atoms with Gasteiger partial charge in [0.25, 0.3) is 0 Å². The Labute approximate surface area is 161 Å². The van der Waals surface area contributed by atoms with E-state index in [9.17, 15) is 9.90 Å². The summed E-state index contributed by atoms with van der Waals surface area (Å²) in [5.41, 5.74) is 2.39. The summed E-state index contributed by atoms with van der Waals surface area (Å²) in [6, 6.07) is 8.31. The van der Waals surface area contributed by atoms with Crippen LogP contribution in [-0.4, -0.2) is 49.2 Å². The Morgan fingerprint density at radius 1 is 1.22 bits per heavy atom. The first-order chi connectivity index (χ1) is 12.7. The number of hydrogen-bond acceptors (Lipinski definition) is 6. The minimum atomic E-state index is -0.469. The van der Waals surface area contributed by atoms with Crippen LogP contribution in [0.4, 0.5) is 0 Å². The molecule has 2 fully saturated rings. The number of aliphatic hydroxyl groups excluding tert-OH is 1. The predicted octanol–water partition coefficient (Wildman–Crippen LogP) is 3.12. The van der Waals surface area contributed by atoms with Crippen molar-refractivity contribution in [1.29, 1.82) is 0 Å². The van der Waals surface area contributed by atoms with Gasteiger partial charge in [-0.05, 0) is 24.3 Å². The highest BCUT2D eigenvalue weighted by atomic mass is 16.7. The number of ether oxygens (including phenoxy) is 4. The van der Waals surface area contributed by atoms with Crippen LogP contribution in [0.15, 0.2) is 24.3 Å². The van der Waals surface area contributed by atoms with Gasteiger partial charge in [0.1, 0.15) is 12.2 Å². The first-order valence-corrected chi connectivity index (χ1v) is 9.53. The summed E-state index contributed by atoms with van der Waals surface area (Å²) in [5, 5.41) is 10.1. The Balaban J connectivity index is 0.000000380. The molecule has 6 heteroatoms. The van der Waals surface area contributed by atoms with Crippen molar-refractivity contribution >= 4 is 5.97 Å². The molecule has 0 aromatic heterocycles. The molecule has 3 rings (SSSR count). The first-order valence-electron chi connectivity index (χ1n) is 9.53. The number of fused-ring (bicyclic) bond motifs is 1. The molecule has 0 bridgehead atoms. The number of benzene rings is 1. The van der Waals surface area contributed by atoms with Gasteiger partial charge >= 0.3 is 5.97 Å². The van der Waals surface area contributed by atoms with Crippen molar-refractivity contribution in [3.63, 3.8) is 0 Å². The summed E-state index contributed by atoms with van der Waals surface area (Å²) in [6.45, 7) is 11.3. The second-order valence-corrected chi connectivity index (χ2v) is 7.83. The van der Waals surface area contributed by atoms with E-state index in [2.05, 4.69) is 37.6 Å². The number of hydrogen-bond donors (Lipinski definition) is 1. The molecule has 1 aromatic rings. The quantitative estimate of drug-likeness (QED) is 0.795. The van der Waals surface area contributed by atoms with Gasteiger partial charge in [0, 0.05) is 19.1 Å². The molecule has 2 saturated heterocycles. The third-order valence-corrected chi connectivity index (χ3v) is 4.58.